The molecule has 4 heteroatoms. The van der Waals surface area contributed by atoms with Crippen molar-refractivity contribution in [2.24, 2.45) is 0 Å². The van der Waals surface area contributed by atoms with E-state index < -0.39 is 5.97 Å². The topological polar surface area (TPSA) is 44.8 Å². The molecule has 0 fully saturated rings. The highest BCUT2D eigenvalue weighted by molar-refractivity contribution is 5.91. The monoisotopic (exact) mass is 284 g/mol. The zero-order valence-electron chi connectivity index (χ0n) is 12.0. The van der Waals surface area contributed by atoms with Crippen LogP contribution >= 0.6 is 0 Å². The number of hydrogen-bond acceptors (Lipinski definition) is 4. The Bertz CT molecular complexity index is 627. The minimum Gasteiger partial charge on any atom is -0.497 e. The molecule has 0 saturated heterocycles. The molecule has 0 heterocycles. The third kappa shape index (κ3) is 4.11. The molecular formula is C17H16O4. The molecule has 21 heavy (non-hydrogen) atoms. The van der Waals surface area contributed by atoms with Gasteiger partial charge in [0.25, 0.3) is 0 Å². The summed E-state index contributed by atoms with van der Waals surface area (Å²) in [7, 11) is 1.58. The second-order valence-corrected chi connectivity index (χ2v) is 4.39. The molecule has 0 N–H and O–H groups in total. The molecule has 0 aliphatic carbocycles. The Morgan fingerprint density at radius 3 is 1.86 bits per heavy atom. The third-order valence-electron chi connectivity index (χ3n) is 2.65. The Morgan fingerprint density at radius 1 is 0.857 bits per heavy atom. The van der Waals surface area contributed by atoms with Crippen molar-refractivity contribution in [3.8, 4) is 17.2 Å². The predicted octanol–water partition coefficient (Wildman–Crippen LogP) is 3.83. The summed E-state index contributed by atoms with van der Waals surface area (Å²) < 4.78 is 15.6. The standard InChI is InChI=1S/C17H16O4/c1-12(2)20-15-6-4-13(5-7-15)17(18)21-16-10-8-14(19-3)9-11-16/h4-11H,1H2,2-3H3. The molecule has 4 nitrogen and oxygen atoms in total. The summed E-state index contributed by atoms with van der Waals surface area (Å²) in [5.41, 5.74) is 0.444. The highest BCUT2D eigenvalue weighted by atomic mass is 16.5. The summed E-state index contributed by atoms with van der Waals surface area (Å²) in [6.07, 6.45) is 0. The fourth-order valence-electron chi connectivity index (χ4n) is 1.67. The van der Waals surface area contributed by atoms with Crippen LogP contribution in [-0.2, 0) is 0 Å². The van der Waals surface area contributed by atoms with Crippen molar-refractivity contribution in [1.82, 2.24) is 0 Å². The van der Waals surface area contributed by atoms with Gasteiger partial charge in [0.15, 0.2) is 0 Å². The van der Waals surface area contributed by atoms with Crippen LogP contribution in [-0.4, -0.2) is 13.1 Å². The van der Waals surface area contributed by atoms with Crippen molar-refractivity contribution in [3.63, 3.8) is 0 Å². The average molecular weight is 284 g/mol. The third-order valence-corrected chi connectivity index (χ3v) is 2.65. The minimum atomic E-state index is -0.429. The maximum Gasteiger partial charge on any atom is 0.343 e. The lowest BCUT2D eigenvalue weighted by atomic mass is 10.2. The molecule has 0 aliphatic rings. The van der Waals surface area contributed by atoms with Gasteiger partial charge in [-0.25, -0.2) is 4.79 Å². The SMILES string of the molecule is C=C(C)Oc1ccc(C(=O)Oc2ccc(OC)cc2)cc1. The van der Waals surface area contributed by atoms with E-state index in [1.807, 2.05) is 0 Å². The highest BCUT2D eigenvalue weighted by Crippen LogP contribution is 2.19. The molecule has 0 spiro atoms. The van der Waals surface area contributed by atoms with Gasteiger partial charge >= 0.3 is 5.97 Å². The number of allylic oxidation sites excluding steroid dienone is 1. The van der Waals surface area contributed by atoms with Crippen molar-refractivity contribution in [2.75, 3.05) is 7.11 Å². The van der Waals surface area contributed by atoms with E-state index in [0.29, 0.717) is 28.6 Å². The summed E-state index contributed by atoms with van der Waals surface area (Å²) >= 11 is 0. The van der Waals surface area contributed by atoms with Gasteiger partial charge < -0.3 is 14.2 Å². The lowest BCUT2D eigenvalue weighted by molar-refractivity contribution is 0.0734. The van der Waals surface area contributed by atoms with E-state index in [2.05, 4.69) is 6.58 Å². The minimum absolute atomic E-state index is 0.429. The lowest BCUT2D eigenvalue weighted by Gasteiger charge is -2.07. The van der Waals surface area contributed by atoms with E-state index in [-0.39, 0.29) is 0 Å². The Hall–Kier alpha value is -2.75. The molecular weight excluding hydrogens is 268 g/mol. The zero-order chi connectivity index (χ0) is 15.2. The highest BCUT2D eigenvalue weighted by Gasteiger charge is 2.09. The van der Waals surface area contributed by atoms with Crippen molar-refractivity contribution in [2.45, 2.75) is 6.92 Å². The molecule has 0 saturated carbocycles. The van der Waals surface area contributed by atoms with Gasteiger partial charge in [-0.2, -0.15) is 0 Å². The quantitative estimate of drug-likeness (QED) is 0.475. The summed E-state index contributed by atoms with van der Waals surface area (Å²) in [5.74, 6) is 1.95. The first-order valence-electron chi connectivity index (χ1n) is 6.38. The van der Waals surface area contributed by atoms with E-state index in [4.69, 9.17) is 14.2 Å². The average Bonchev–Trinajstić information content (AvgIpc) is 2.48. The van der Waals surface area contributed by atoms with Gasteiger partial charge in [0.2, 0.25) is 0 Å². The molecule has 0 aliphatic heterocycles. The molecule has 108 valence electrons. The molecule has 0 unspecified atom stereocenters. The summed E-state index contributed by atoms with van der Waals surface area (Å²) in [6, 6.07) is 13.5. The number of benzene rings is 2. The Morgan fingerprint density at radius 2 is 1.33 bits per heavy atom. The van der Waals surface area contributed by atoms with Gasteiger partial charge in [-0.05, 0) is 55.5 Å². The zero-order valence-corrected chi connectivity index (χ0v) is 12.0. The first kappa shape index (κ1) is 14.7. The normalized spacial score (nSPS) is 9.81. The molecule has 2 rings (SSSR count). The molecule has 2 aromatic rings. The summed E-state index contributed by atoms with van der Waals surface area (Å²) in [4.78, 5) is 12.0. The first-order valence-corrected chi connectivity index (χ1v) is 6.38. The van der Waals surface area contributed by atoms with Crippen molar-refractivity contribution in [1.29, 1.82) is 0 Å². The van der Waals surface area contributed by atoms with Crippen molar-refractivity contribution >= 4 is 5.97 Å². The van der Waals surface area contributed by atoms with E-state index in [9.17, 15) is 4.79 Å². The van der Waals surface area contributed by atoms with Gasteiger partial charge in [-0.3, -0.25) is 0 Å². The van der Waals surface area contributed by atoms with Crippen LogP contribution in [0.3, 0.4) is 0 Å². The number of esters is 1. The van der Waals surface area contributed by atoms with Gasteiger partial charge in [-0.15, -0.1) is 0 Å². The molecule has 2 aromatic carbocycles. The van der Waals surface area contributed by atoms with Crippen molar-refractivity contribution in [3.05, 3.63) is 66.4 Å². The van der Waals surface area contributed by atoms with Gasteiger partial charge in [0.1, 0.15) is 17.2 Å². The van der Waals surface area contributed by atoms with Crippen LogP contribution in [0.1, 0.15) is 17.3 Å². The molecule has 0 amide bonds. The fourth-order valence-corrected chi connectivity index (χ4v) is 1.67. The number of rotatable bonds is 5. The number of hydrogen-bond donors (Lipinski definition) is 0. The molecule has 0 bridgehead atoms. The predicted molar refractivity (Wildman–Crippen MR) is 79.8 cm³/mol. The number of carbonyl (C=O) groups excluding carboxylic acids is 1. The molecule has 0 radical (unpaired) electrons. The maximum atomic E-state index is 12.0. The van der Waals surface area contributed by atoms with E-state index >= 15 is 0 Å². The van der Waals surface area contributed by atoms with Crippen LogP contribution in [0, 0.1) is 0 Å². The second-order valence-electron chi connectivity index (χ2n) is 4.39. The maximum absolute atomic E-state index is 12.0. The molecule has 0 aromatic heterocycles. The van der Waals surface area contributed by atoms with Crippen LogP contribution in [0.15, 0.2) is 60.9 Å². The summed E-state index contributed by atoms with van der Waals surface area (Å²) in [5, 5.41) is 0. The van der Waals surface area contributed by atoms with E-state index in [1.165, 1.54) is 0 Å². The van der Waals surface area contributed by atoms with Crippen LogP contribution in [0.2, 0.25) is 0 Å². The fraction of sp³-hybridized carbons (Fsp3) is 0.118. The van der Waals surface area contributed by atoms with Crippen LogP contribution in [0.4, 0.5) is 0 Å². The Labute approximate surface area is 123 Å². The van der Waals surface area contributed by atoms with Crippen LogP contribution in [0.25, 0.3) is 0 Å². The number of carbonyl (C=O) groups is 1. The van der Waals surface area contributed by atoms with Gasteiger partial charge in [0, 0.05) is 0 Å². The largest absolute Gasteiger partial charge is 0.497 e. The van der Waals surface area contributed by atoms with Crippen LogP contribution < -0.4 is 14.2 Å². The second kappa shape index (κ2) is 6.61. The molecule has 0 atom stereocenters. The van der Waals surface area contributed by atoms with Gasteiger partial charge in [0.05, 0.1) is 18.4 Å². The summed E-state index contributed by atoms with van der Waals surface area (Å²) in [6.45, 7) is 5.41. The van der Waals surface area contributed by atoms with E-state index in [1.54, 1.807) is 62.6 Å². The lowest BCUT2D eigenvalue weighted by Crippen LogP contribution is -2.08. The number of ether oxygens (including phenoxy) is 3. The van der Waals surface area contributed by atoms with Gasteiger partial charge in [-0.1, -0.05) is 6.58 Å². The first-order chi connectivity index (χ1) is 10.1. The van der Waals surface area contributed by atoms with E-state index in [0.717, 1.165) is 0 Å². The Balaban J connectivity index is 2.03. The van der Waals surface area contributed by atoms with Crippen molar-refractivity contribution < 1.29 is 19.0 Å². The smallest absolute Gasteiger partial charge is 0.343 e. The van der Waals surface area contributed by atoms with Crippen LogP contribution in [0.5, 0.6) is 17.2 Å². The number of methoxy groups -OCH3 is 1. The Kier molecular flexibility index (Phi) is 4.61.